The Bertz CT molecular complexity index is 600. The Kier molecular flexibility index (Phi) is 4.96. The van der Waals surface area contributed by atoms with Crippen LogP contribution in [0.15, 0.2) is 23.7 Å². The predicted molar refractivity (Wildman–Crippen MR) is 86.4 cm³/mol. The molecule has 0 atom stereocenters. The van der Waals surface area contributed by atoms with Crippen molar-refractivity contribution in [2.24, 2.45) is 0 Å². The number of aryl methyl sites for hydroxylation is 3. The van der Waals surface area contributed by atoms with Crippen LogP contribution < -0.4 is 4.90 Å². The van der Waals surface area contributed by atoms with Crippen LogP contribution in [0.5, 0.6) is 0 Å². The fourth-order valence-electron chi connectivity index (χ4n) is 2.53. The number of anilines is 2. The summed E-state index contributed by atoms with van der Waals surface area (Å²) in [5, 5.41) is 2.71. The number of hydrogen-bond donors (Lipinski definition) is 0. The number of hydrogen-bond acceptors (Lipinski definition) is 5. The number of aromatic nitrogens is 1. The van der Waals surface area contributed by atoms with Gasteiger partial charge < -0.3 is 9.64 Å². The molecule has 0 bridgehead atoms. The Morgan fingerprint density at radius 3 is 2.48 bits per heavy atom. The van der Waals surface area contributed by atoms with Crippen molar-refractivity contribution in [1.82, 2.24) is 4.98 Å². The molecule has 2 aromatic rings. The summed E-state index contributed by atoms with van der Waals surface area (Å²) in [6.07, 6.45) is 1.75. The number of benzene rings is 1. The number of ether oxygens (including phenoxy) is 1. The average Bonchev–Trinajstić information content (AvgIpc) is 2.90. The molecule has 0 aliphatic carbocycles. The monoisotopic (exact) mass is 304 g/mol. The highest BCUT2D eigenvalue weighted by Gasteiger charge is 2.20. The van der Waals surface area contributed by atoms with E-state index < -0.39 is 0 Å². The molecule has 112 valence electrons. The molecule has 0 aliphatic rings. The van der Waals surface area contributed by atoms with Gasteiger partial charge in [0.15, 0.2) is 5.13 Å². The summed E-state index contributed by atoms with van der Waals surface area (Å²) in [6.45, 7) is 8.56. The van der Waals surface area contributed by atoms with Crippen LogP contribution in [-0.2, 0) is 9.53 Å². The summed E-state index contributed by atoms with van der Waals surface area (Å²) < 4.78 is 5.09. The number of carbonyl (C=O) groups excluding carboxylic acids is 1. The van der Waals surface area contributed by atoms with E-state index >= 15 is 0 Å². The minimum atomic E-state index is -0.243. The van der Waals surface area contributed by atoms with Gasteiger partial charge in [0.25, 0.3) is 0 Å². The summed E-state index contributed by atoms with van der Waals surface area (Å²) in [6, 6.07) is 4.24. The second-order valence-electron chi connectivity index (χ2n) is 4.95. The third-order valence-corrected chi connectivity index (χ3v) is 3.94. The van der Waals surface area contributed by atoms with Crippen LogP contribution in [0.4, 0.5) is 10.8 Å². The largest absolute Gasteiger partial charge is 0.465 e. The van der Waals surface area contributed by atoms with Gasteiger partial charge in [0.1, 0.15) is 6.54 Å². The molecule has 0 saturated heterocycles. The molecule has 2 rings (SSSR count). The Hall–Kier alpha value is -1.88. The molecular weight excluding hydrogens is 284 g/mol. The zero-order valence-corrected chi connectivity index (χ0v) is 13.7. The van der Waals surface area contributed by atoms with Crippen molar-refractivity contribution in [2.45, 2.75) is 27.7 Å². The second-order valence-corrected chi connectivity index (χ2v) is 5.83. The van der Waals surface area contributed by atoms with Crippen LogP contribution in [-0.4, -0.2) is 24.1 Å². The van der Waals surface area contributed by atoms with Gasteiger partial charge in [0.2, 0.25) is 0 Å². The zero-order valence-electron chi connectivity index (χ0n) is 12.8. The van der Waals surface area contributed by atoms with Gasteiger partial charge in [-0.2, -0.15) is 0 Å². The van der Waals surface area contributed by atoms with Gasteiger partial charge in [-0.1, -0.05) is 17.7 Å². The van der Waals surface area contributed by atoms with Crippen molar-refractivity contribution in [3.05, 3.63) is 40.4 Å². The lowest BCUT2D eigenvalue weighted by Crippen LogP contribution is -2.28. The van der Waals surface area contributed by atoms with Crippen LogP contribution >= 0.6 is 11.3 Å². The molecule has 0 N–H and O–H groups in total. The molecule has 1 heterocycles. The van der Waals surface area contributed by atoms with Crippen molar-refractivity contribution in [3.8, 4) is 0 Å². The molecular formula is C16H20N2O2S. The first-order chi connectivity index (χ1) is 10.0. The summed E-state index contributed by atoms with van der Waals surface area (Å²) in [5.74, 6) is -0.243. The molecule has 0 aliphatic heterocycles. The highest BCUT2D eigenvalue weighted by molar-refractivity contribution is 7.13. The maximum absolute atomic E-state index is 11.9. The summed E-state index contributed by atoms with van der Waals surface area (Å²) in [7, 11) is 0. The number of nitrogens with zero attached hydrogens (tertiary/aromatic N) is 2. The van der Waals surface area contributed by atoms with Gasteiger partial charge in [-0.3, -0.25) is 4.79 Å². The van der Waals surface area contributed by atoms with Gasteiger partial charge >= 0.3 is 5.97 Å². The fourth-order valence-corrected chi connectivity index (χ4v) is 3.17. The lowest BCUT2D eigenvalue weighted by atomic mass is 10.0. The van der Waals surface area contributed by atoms with E-state index in [4.69, 9.17) is 4.74 Å². The SMILES string of the molecule is CCOC(=O)CN(c1nccs1)c1c(C)cc(C)cc1C. The molecule has 1 aromatic heterocycles. The smallest absolute Gasteiger partial charge is 0.326 e. The highest BCUT2D eigenvalue weighted by atomic mass is 32.1. The summed E-state index contributed by atoms with van der Waals surface area (Å²) in [4.78, 5) is 18.2. The van der Waals surface area contributed by atoms with Crippen molar-refractivity contribution in [2.75, 3.05) is 18.1 Å². The number of esters is 1. The minimum absolute atomic E-state index is 0.173. The molecule has 1 aromatic carbocycles. The third-order valence-electron chi connectivity index (χ3n) is 3.15. The van der Waals surface area contributed by atoms with Crippen LogP contribution in [0.2, 0.25) is 0 Å². The fraction of sp³-hybridized carbons (Fsp3) is 0.375. The Morgan fingerprint density at radius 1 is 1.29 bits per heavy atom. The van der Waals surface area contributed by atoms with E-state index in [0.29, 0.717) is 6.61 Å². The zero-order chi connectivity index (χ0) is 15.4. The molecule has 0 radical (unpaired) electrons. The molecule has 5 heteroatoms. The third kappa shape index (κ3) is 3.61. The first-order valence-corrected chi connectivity index (χ1v) is 7.81. The van der Waals surface area contributed by atoms with Gasteiger partial charge in [-0.25, -0.2) is 4.98 Å². The molecule has 0 fully saturated rings. The van der Waals surface area contributed by atoms with E-state index in [1.165, 1.54) is 16.9 Å². The summed E-state index contributed by atoms with van der Waals surface area (Å²) in [5.41, 5.74) is 4.51. The molecule has 0 amide bonds. The van der Waals surface area contributed by atoms with Crippen molar-refractivity contribution < 1.29 is 9.53 Å². The van der Waals surface area contributed by atoms with E-state index in [2.05, 4.69) is 37.9 Å². The lowest BCUT2D eigenvalue weighted by Gasteiger charge is -2.25. The average molecular weight is 304 g/mol. The van der Waals surface area contributed by atoms with Gasteiger partial charge in [-0.05, 0) is 38.8 Å². The van der Waals surface area contributed by atoms with E-state index in [1.54, 1.807) is 6.20 Å². The van der Waals surface area contributed by atoms with Crippen molar-refractivity contribution in [1.29, 1.82) is 0 Å². The van der Waals surface area contributed by atoms with Crippen molar-refractivity contribution in [3.63, 3.8) is 0 Å². The van der Waals surface area contributed by atoms with Crippen LogP contribution in [0.3, 0.4) is 0 Å². The summed E-state index contributed by atoms with van der Waals surface area (Å²) >= 11 is 1.51. The Balaban J connectivity index is 2.43. The Morgan fingerprint density at radius 2 is 1.95 bits per heavy atom. The second kappa shape index (κ2) is 6.72. The highest BCUT2D eigenvalue weighted by Crippen LogP contribution is 2.33. The molecule has 0 unspecified atom stereocenters. The van der Waals surface area contributed by atoms with Crippen molar-refractivity contribution >= 4 is 28.1 Å². The standard InChI is InChI=1S/C16H20N2O2S/c1-5-20-14(19)10-18(16-17-6-7-21-16)15-12(3)8-11(2)9-13(15)4/h6-9H,5,10H2,1-4H3. The van der Waals surface area contributed by atoms with Crippen LogP contribution in [0.25, 0.3) is 0 Å². The first-order valence-electron chi connectivity index (χ1n) is 6.93. The van der Waals surface area contributed by atoms with E-state index in [1.807, 2.05) is 17.2 Å². The number of thiazole rings is 1. The van der Waals surface area contributed by atoms with Crippen LogP contribution in [0.1, 0.15) is 23.6 Å². The maximum atomic E-state index is 11.9. The topological polar surface area (TPSA) is 42.4 Å². The van der Waals surface area contributed by atoms with E-state index in [9.17, 15) is 4.79 Å². The van der Waals surface area contributed by atoms with Gasteiger partial charge in [-0.15, -0.1) is 11.3 Å². The van der Waals surface area contributed by atoms with Crippen LogP contribution in [0, 0.1) is 20.8 Å². The minimum Gasteiger partial charge on any atom is -0.465 e. The maximum Gasteiger partial charge on any atom is 0.326 e. The normalized spacial score (nSPS) is 10.5. The Labute approximate surface area is 129 Å². The van der Waals surface area contributed by atoms with E-state index in [-0.39, 0.29) is 12.5 Å². The first kappa shape index (κ1) is 15.5. The number of rotatable bonds is 5. The van der Waals surface area contributed by atoms with E-state index in [0.717, 1.165) is 21.9 Å². The lowest BCUT2D eigenvalue weighted by molar-refractivity contribution is -0.141. The quantitative estimate of drug-likeness (QED) is 0.789. The predicted octanol–water partition coefficient (Wildman–Crippen LogP) is 3.77. The van der Waals surface area contributed by atoms with Gasteiger partial charge in [0.05, 0.1) is 6.61 Å². The van der Waals surface area contributed by atoms with Gasteiger partial charge in [0, 0.05) is 17.3 Å². The molecule has 4 nitrogen and oxygen atoms in total. The molecule has 0 spiro atoms. The molecule has 21 heavy (non-hydrogen) atoms. The molecule has 0 saturated carbocycles. The number of carbonyl (C=O) groups is 1.